The number of nitrogens with zero attached hydrogens (tertiary/aromatic N) is 2. The van der Waals surface area contributed by atoms with Crippen molar-refractivity contribution in [1.29, 1.82) is 5.26 Å². The molecule has 4 aromatic rings. The SMILES string of the molecule is N#Cc1ccc(CN(C(=O)OCc2ccccc2)c2ccc3[nH]c(=O)[nH]c3c2)cc1. The van der Waals surface area contributed by atoms with Crippen LogP contribution in [0.15, 0.2) is 77.6 Å². The Bertz CT molecular complexity index is 1270. The fourth-order valence-electron chi connectivity index (χ4n) is 3.11. The Labute approximate surface area is 172 Å². The van der Waals surface area contributed by atoms with E-state index in [4.69, 9.17) is 10.00 Å². The molecule has 7 heteroatoms. The molecule has 1 aromatic heterocycles. The molecule has 2 N–H and O–H groups in total. The van der Waals surface area contributed by atoms with Gasteiger partial charge >= 0.3 is 11.8 Å². The van der Waals surface area contributed by atoms with Crippen LogP contribution in [0, 0.1) is 11.3 Å². The van der Waals surface area contributed by atoms with E-state index in [1.165, 1.54) is 4.90 Å². The molecule has 0 saturated carbocycles. The highest BCUT2D eigenvalue weighted by atomic mass is 16.6. The third-order valence-corrected chi connectivity index (χ3v) is 4.66. The minimum Gasteiger partial charge on any atom is -0.444 e. The Kier molecular flexibility index (Phi) is 5.31. The summed E-state index contributed by atoms with van der Waals surface area (Å²) in [7, 11) is 0. The number of aromatic amines is 2. The molecule has 3 aromatic carbocycles. The predicted molar refractivity (Wildman–Crippen MR) is 113 cm³/mol. The van der Waals surface area contributed by atoms with E-state index in [0.29, 0.717) is 22.3 Å². The molecule has 1 amide bonds. The van der Waals surface area contributed by atoms with Crippen molar-refractivity contribution in [3.05, 3.63) is 100.0 Å². The van der Waals surface area contributed by atoms with E-state index in [2.05, 4.69) is 16.0 Å². The number of ether oxygens (including phenoxy) is 1. The van der Waals surface area contributed by atoms with Crippen LogP contribution < -0.4 is 10.6 Å². The maximum absolute atomic E-state index is 13.0. The van der Waals surface area contributed by atoms with Gasteiger partial charge in [0.2, 0.25) is 0 Å². The second kappa shape index (κ2) is 8.37. The Morgan fingerprint density at radius 3 is 2.40 bits per heavy atom. The van der Waals surface area contributed by atoms with Crippen molar-refractivity contribution < 1.29 is 9.53 Å². The molecule has 0 aliphatic rings. The number of nitriles is 1. The number of hydrogen-bond donors (Lipinski definition) is 2. The third kappa shape index (κ3) is 4.23. The number of imidazole rings is 1. The van der Waals surface area contributed by atoms with Crippen LogP contribution in [0.25, 0.3) is 11.0 Å². The molecule has 0 aliphatic heterocycles. The highest BCUT2D eigenvalue weighted by Gasteiger charge is 2.19. The number of rotatable bonds is 5. The zero-order valence-corrected chi connectivity index (χ0v) is 16.0. The first-order valence-electron chi connectivity index (χ1n) is 9.32. The molecular formula is C23H18N4O3. The maximum Gasteiger partial charge on any atom is 0.414 e. The average Bonchev–Trinajstić information content (AvgIpc) is 3.16. The Morgan fingerprint density at radius 1 is 0.933 bits per heavy atom. The lowest BCUT2D eigenvalue weighted by molar-refractivity contribution is 0.146. The summed E-state index contributed by atoms with van der Waals surface area (Å²) in [6.45, 7) is 0.395. The Hall–Kier alpha value is -4.31. The van der Waals surface area contributed by atoms with E-state index in [1.54, 1.807) is 42.5 Å². The first-order valence-corrected chi connectivity index (χ1v) is 9.32. The molecule has 1 heterocycles. The number of amides is 1. The molecule has 7 nitrogen and oxygen atoms in total. The van der Waals surface area contributed by atoms with Gasteiger partial charge in [0.1, 0.15) is 6.61 Å². The number of hydrogen-bond acceptors (Lipinski definition) is 4. The fraction of sp³-hybridized carbons (Fsp3) is 0.0870. The van der Waals surface area contributed by atoms with Gasteiger partial charge in [0, 0.05) is 5.69 Å². The van der Waals surface area contributed by atoms with Crippen molar-refractivity contribution in [2.45, 2.75) is 13.2 Å². The number of H-pyrrole nitrogens is 2. The van der Waals surface area contributed by atoms with Crippen LogP contribution in [0.2, 0.25) is 0 Å². The van der Waals surface area contributed by atoms with Crippen molar-refractivity contribution >= 4 is 22.8 Å². The van der Waals surface area contributed by atoms with E-state index in [1.807, 2.05) is 30.3 Å². The molecule has 148 valence electrons. The summed E-state index contributed by atoms with van der Waals surface area (Å²) in [5.41, 5.74) is 3.79. The van der Waals surface area contributed by atoms with Gasteiger partial charge in [-0.15, -0.1) is 0 Å². The van der Waals surface area contributed by atoms with Crippen LogP contribution in [0.4, 0.5) is 10.5 Å². The largest absolute Gasteiger partial charge is 0.444 e. The Balaban J connectivity index is 1.62. The summed E-state index contributed by atoms with van der Waals surface area (Å²) in [6.07, 6.45) is -0.513. The minimum atomic E-state index is -0.513. The van der Waals surface area contributed by atoms with Gasteiger partial charge in [-0.2, -0.15) is 5.26 Å². The van der Waals surface area contributed by atoms with Gasteiger partial charge in [-0.3, -0.25) is 4.90 Å². The van der Waals surface area contributed by atoms with Gasteiger partial charge in [0.25, 0.3) is 0 Å². The van der Waals surface area contributed by atoms with Crippen molar-refractivity contribution in [2.24, 2.45) is 0 Å². The number of carbonyl (C=O) groups is 1. The molecule has 0 atom stereocenters. The van der Waals surface area contributed by atoms with E-state index < -0.39 is 6.09 Å². The second-order valence-corrected chi connectivity index (χ2v) is 6.74. The van der Waals surface area contributed by atoms with Crippen molar-refractivity contribution in [1.82, 2.24) is 9.97 Å². The molecule has 0 fully saturated rings. The minimum absolute atomic E-state index is 0.146. The highest BCUT2D eigenvalue weighted by molar-refractivity contribution is 5.90. The van der Waals surface area contributed by atoms with Crippen LogP contribution in [-0.2, 0) is 17.9 Å². The van der Waals surface area contributed by atoms with Crippen molar-refractivity contribution in [2.75, 3.05) is 4.90 Å². The molecule has 0 spiro atoms. The zero-order valence-electron chi connectivity index (χ0n) is 16.0. The lowest BCUT2D eigenvalue weighted by Crippen LogP contribution is -2.31. The smallest absolute Gasteiger partial charge is 0.414 e. The van der Waals surface area contributed by atoms with Crippen molar-refractivity contribution in [3.63, 3.8) is 0 Å². The molecular weight excluding hydrogens is 380 g/mol. The lowest BCUT2D eigenvalue weighted by atomic mass is 10.1. The fourth-order valence-corrected chi connectivity index (χ4v) is 3.11. The van der Waals surface area contributed by atoms with Crippen molar-refractivity contribution in [3.8, 4) is 6.07 Å². The number of fused-ring (bicyclic) bond motifs is 1. The van der Waals surface area contributed by atoms with Gasteiger partial charge in [0.05, 0.1) is 29.2 Å². The van der Waals surface area contributed by atoms with Gasteiger partial charge in [0.15, 0.2) is 0 Å². The molecule has 0 saturated heterocycles. The predicted octanol–water partition coefficient (Wildman–Crippen LogP) is 4.07. The molecule has 0 radical (unpaired) electrons. The van der Waals surface area contributed by atoms with Gasteiger partial charge < -0.3 is 14.7 Å². The van der Waals surface area contributed by atoms with E-state index in [0.717, 1.165) is 11.1 Å². The van der Waals surface area contributed by atoms with Crippen LogP contribution in [0.1, 0.15) is 16.7 Å². The molecule has 4 rings (SSSR count). The summed E-state index contributed by atoms with van der Waals surface area (Å²) in [5.74, 6) is 0. The topological polar surface area (TPSA) is 102 Å². The normalized spacial score (nSPS) is 10.5. The van der Waals surface area contributed by atoms with E-state index in [-0.39, 0.29) is 18.8 Å². The maximum atomic E-state index is 13.0. The number of nitrogens with one attached hydrogen (secondary N) is 2. The van der Waals surface area contributed by atoms with Gasteiger partial charge in [-0.05, 0) is 41.5 Å². The lowest BCUT2D eigenvalue weighted by Gasteiger charge is -2.22. The standard InChI is InChI=1S/C23H18N4O3/c24-13-16-6-8-17(9-7-16)14-27(23(29)30-15-18-4-2-1-3-5-18)19-10-11-20-21(12-19)26-22(28)25-20/h1-12H,14-15H2,(H2,25,26,28). The van der Waals surface area contributed by atoms with Gasteiger partial charge in [-0.1, -0.05) is 42.5 Å². The number of benzene rings is 3. The number of anilines is 1. The first-order chi connectivity index (χ1) is 14.6. The molecule has 0 bridgehead atoms. The second-order valence-electron chi connectivity index (χ2n) is 6.74. The molecule has 0 aliphatic carbocycles. The summed E-state index contributed by atoms with van der Waals surface area (Å²) < 4.78 is 5.53. The number of aromatic nitrogens is 2. The Morgan fingerprint density at radius 2 is 1.67 bits per heavy atom. The summed E-state index contributed by atoms with van der Waals surface area (Å²) in [4.78, 5) is 31.4. The highest BCUT2D eigenvalue weighted by Crippen LogP contribution is 2.23. The summed E-state index contributed by atoms with van der Waals surface area (Å²) >= 11 is 0. The number of carbonyl (C=O) groups excluding carboxylic acids is 1. The summed E-state index contributed by atoms with van der Waals surface area (Å²) in [6, 6.07) is 23.7. The van der Waals surface area contributed by atoms with E-state index >= 15 is 0 Å². The van der Waals surface area contributed by atoms with E-state index in [9.17, 15) is 9.59 Å². The third-order valence-electron chi connectivity index (χ3n) is 4.66. The quantitative estimate of drug-likeness (QED) is 0.529. The van der Waals surface area contributed by atoms with Crippen LogP contribution in [-0.4, -0.2) is 16.1 Å². The molecule has 30 heavy (non-hydrogen) atoms. The zero-order chi connectivity index (χ0) is 20.9. The first kappa shape index (κ1) is 19.0. The molecule has 0 unspecified atom stereocenters. The van der Waals surface area contributed by atoms with Crippen LogP contribution in [0.3, 0.4) is 0 Å². The van der Waals surface area contributed by atoms with Gasteiger partial charge in [-0.25, -0.2) is 9.59 Å². The monoisotopic (exact) mass is 398 g/mol. The average molecular weight is 398 g/mol. The summed E-state index contributed by atoms with van der Waals surface area (Å²) in [5, 5.41) is 8.99. The van der Waals surface area contributed by atoms with Crippen LogP contribution in [0.5, 0.6) is 0 Å². The van der Waals surface area contributed by atoms with Crippen LogP contribution >= 0.6 is 0 Å².